The van der Waals surface area contributed by atoms with E-state index >= 15 is 0 Å². The fourth-order valence-electron chi connectivity index (χ4n) is 1.41. The van der Waals surface area contributed by atoms with E-state index in [-0.39, 0.29) is 18.1 Å². The second kappa shape index (κ2) is 6.85. The molecule has 0 spiro atoms. The molecule has 0 fully saturated rings. The van der Waals surface area contributed by atoms with Crippen LogP contribution in [0.4, 0.5) is 5.00 Å². The topological polar surface area (TPSA) is 64.6 Å². The van der Waals surface area contributed by atoms with Crippen molar-refractivity contribution in [3.63, 3.8) is 0 Å². The monoisotopic (exact) mass is 299 g/mol. The minimum atomic E-state index is -0.427. The zero-order valence-electron chi connectivity index (χ0n) is 12.5. The lowest BCUT2D eigenvalue weighted by Crippen LogP contribution is -2.27. The van der Waals surface area contributed by atoms with Gasteiger partial charge in [0, 0.05) is 4.88 Å². The number of rotatable bonds is 5. The SMILES string of the molecule is CCOC(=O)c1cc(C)sc1NC(=O)COC(C)(C)C. The maximum Gasteiger partial charge on any atom is 0.341 e. The van der Waals surface area contributed by atoms with Gasteiger partial charge in [0.15, 0.2) is 0 Å². The number of hydrogen-bond donors (Lipinski definition) is 1. The van der Waals surface area contributed by atoms with E-state index < -0.39 is 5.97 Å². The fraction of sp³-hybridized carbons (Fsp3) is 0.571. The number of carbonyl (C=O) groups is 2. The smallest absolute Gasteiger partial charge is 0.341 e. The van der Waals surface area contributed by atoms with Gasteiger partial charge in [-0.05, 0) is 40.7 Å². The average Bonchev–Trinajstić information content (AvgIpc) is 2.67. The van der Waals surface area contributed by atoms with Crippen molar-refractivity contribution < 1.29 is 19.1 Å². The summed E-state index contributed by atoms with van der Waals surface area (Å²) < 4.78 is 10.4. The molecule has 0 aliphatic carbocycles. The van der Waals surface area contributed by atoms with E-state index in [0.29, 0.717) is 17.2 Å². The molecule has 0 aliphatic rings. The van der Waals surface area contributed by atoms with E-state index in [0.717, 1.165) is 4.88 Å². The molecule has 1 amide bonds. The molecule has 1 heterocycles. The second-order valence-electron chi connectivity index (χ2n) is 5.27. The van der Waals surface area contributed by atoms with Crippen LogP contribution in [-0.4, -0.2) is 30.7 Å². The van der Waals surface area contributed by atoms with Crippen LogP contribution in [0.25, 0.3) is 0 Å². The van der Waals surface area contributed by atoms with Crippen LogP contribution in [0, 0.1) is 6.92 Å². The van der Waals surface area contributed by atoms with Crippen LogP contribution >= 0.6 is 11.3 Å². The van der Waals surface area contributed by atoms with E-state index in [1.54, 1.807) is 13.0 Å². The average molecular weight is 299 g/mol. The van der Waals surface area contributed by atoms with Crippen molar-refractivity contribution >= 4 is 28.2 Å². The largest absolute Gasteiger partial charge is 0.462 e. The van der Waals surface area contributed by atoms with Crippen LogP contribution in [0.5, 0.6) is 0 Å². The van der Waals surface area contributed by atoms with Gasteiger partial charge in [-0.1, -0.05) is 0 Å². The number of esters is 1. The summed E-state index contributed by atoms with van der Waals surface area (Å²) in [5.74, 6) is -0.712. The molecule has 20 heavy (non-hydrogen) atoms. The highest BCUT2D eigenvalue weighted by atomic mass is 32.1. The first-order valence-electron chi connectivity index (χ1n) is 6.44. The summed E-state index contributed by atoms with van der Waals surface area (Å²) in [6.07, 6.45) is 0. The third kappa shape index (κ3) is 5.30. The zero-order valence-corrected chi connectivity index (χ0v) is 13.3. The summed E-state index contributed by atoms with van der Waals surface area (Å²) in [4.78, 5) is 24.5. The van der Waals surface area contributed by atoms with Crippen LogP contribution in [0.2, 0.25) is 0 Å². The van der Waals surface area contributed by atoms with Crippen LogP contribution in [0.3, 0.4) is 0 Å². The summed E-state index contributed by atoms with van der Waals surface area (Å²) in [5, 5.41) is 3.20. The third-order valence-corrected chi connectivity index (χ3v) is 3.21. The number of thiophene rings is 1. The normalized spacial score (nSPS) is 11.2. The Labute approximate surface area is 123 Å². The molecule has 6 heteroatoms. The van der Waals surface area contributed by atoms with E-state index in [1.807, 2.05) is 27.7 Å². The first-order chi connectivity index (χ1) is 9.23. The van der Waals surface area contributed by atoms with E-state index in [9.17, 15) is 9.59 Å². The fourth-order valence-corrected chi connectivity index (χ4v) is 2.33. The highest BCUT2D eigenvalue weighted by Gasteiger charge is 2.19. The quantitative estimate of drug-likeness (QED) is 0.849. The second-order valence-corrected chi connectivity index (χ2v) is 6.53. The molecule has 0 aliphatic heterocycles. The minimum absolute atomic E-state index is 0.0529. The Hall–Kier alpha value is -1.40. The van der Waals surface area contributed by atoms with E-state index in [4.69, 9.17) is 9.47 Å². The van der Waals surface area contributed by atoms with Gasteiger partial charge < -0.3 is 14.8 Å². The molecule has 0 atom stereocenters. The Balaban J connectivity index is 2.72. The summed E-state index contributed by atoms with van der Waals surface area (Å²) in [5.41, 5.74) is 0.00520. The number of ether oxygens (including phenoxy) is 2. The highest BCUT2D eigenvalue weighted by Crippen LogP contribution is 2.28. The zero-order chi connectivity index (χ0) is 15.3. The molecule has 0 aromatic carbocycles. The predicted octanol–water partition coefficient (Wildman–Crippen LogP) is 2.99. The molecule has 0 saturated heterocycles. The lowest BCUT2D eigenvalue weighted by atomic mass is 10.2. The highest BCUT2D eigenvalue weighted by molar-refractivity contribution is 7.16. The third-order valence-electron chi connectivity index (χ3n) is 2.24. The molecule has 1 N–H and O–H groups in total. The summed E-state index contributed by atoms with van der Waals surface area (Å²) in [6, 6.07) is 1.71. The summed E-state index contributed by atoms with van der Waals surface area (Å²) in [7, 11) is 0. The van der Waals surface area contributed by atoms with Gasteiger partial charge in [-0.2, -0.15) is 0 Å². The maximum atomic E-state index is 11.8. The molecule has 1 rings (SSSR count). The van der Waals surface area contributed by atoms with Crippen LogP contribution in [0.1, 0.15) is 42.9 Å². The molecule has 0 saturated carbocycles. The van der Waals surface area contributed by atoms with Gasteiger partial charge >= 0.3 is 5.97 Å². The molecular formula is C14H21NO4S. The number of carbonyl (C=O) groups excluding carboxylic acids is 2. The van der Waals surface area contributed by atoms with E-state index in [2.05, 4.69) is 5.32 Å². The van der Waals surface area contributed by atoms with Crippen LogP contribution in [-0.2, 0) is 14.3 Å². The molecule has 0 unspecified atom stereocenters. The van der Waals surface area contributed by atoms with Crippen LogP contribution in [0.15, 0.2) is 6.07 Å². The van der Waals surface area contributed by atoms with Gasteiger partial charge in [0.05, 0.1) is 17.8 Å². The van der Waals surface area contributed by atoms with Gasteiger partial charge in [0.25, 0.3) is 5.91 Å². The van der Waals surface area contributed by atoms with Crippen molar-refractivity contribution in [3.8, 4) is 0 Å². The Kier molecular flexibility index (Phi) is 5.71. The van der Waals surface area contributed by atoms with Crippen molar-refractivity contribution in [2.75, 3.05) is 18.5 Å². The molecule has 0 radical (unpaired) electrons. The van der Waals surface area contributed by atoms with Crippen molar-refractivity contribution in [1.29, 1.82) is 0 Å². The lowest BCUT2D eigenvalue weighted by molar-refractivity contribution is -0.125. The number of aryl methyl sites for hydroxylation is 1. The minimum Gasteiger partial charge on any atom is -0.462 e. The van der Waals surface area contributed by atoms with Gasteiger partial charge in [-0.3, -0.25) is 4.79 Å². The summed E-state index contributed by atoms with van der Waals surface area (Å²) >= 11 is 1.34. The van der Waals surface area contributed by atoms with Crippen molar-refractivity contribution in [3.05, 3.63) is 16.5 Å². The first-order valence-corrected chi connectivity index (χ1v) is 7.26. The molecule has 0 bridgehead atoms. The summed E-state index contributed by atoms with van der Waals surface area (Å²) in [6.45, 7) is 9.48. The molecule has 5 nitrogen and oxygen atoms in total. The van der Waals surface area contributed by atoms with Gasteiger partial charge in [-0.25, -0.2) is 4.79 Å². The van der Waals surface area contributed by atoms with Gasteiger partial charge in [0.1, 0.15) is 11.6 Å². The van der Waals surface area contributed by atoms with Gasteiger partial charge in [-0.15, -0.1) is 11.3 Å². The standard InChI is InChI=1S/C14H21NO4S/c1-6-18-13(17)10-7-9(2)20-12(10)15-11(16)8-19-14(3,4)5/h7H,6,8H2,1-5H3,(H,15,16). The lowest BCUT2D eigenvalue weighted by Gasteiger charge is -2.18. The van der Waals surface area contributed by atoms with E-state index in [1.165, 1.54) is 11.3 Å². The molecule has 112 valence electrons. The number of anilines is 1. The van der Waals surface area contributed by atoms with Crippen LogP contribution < -0.4 is 5.32 Å². The number of hydrogen-bond acceptors (Lipinski definition) is 5. The Morgan fingerprint density at radius 2 is 2.00 bits per heavy atom. The Bertz CT molecular complexity index is 488. The molecular weight excluding hydrogens is 278 g/mol. The maximum absolute atomic E-state index is 11.8. The predicted molar refractivity (Wildman–Crippen MR) is 79.3 cm³/mol. The number of nitrogens with one attached hydrogen (secondary N) is 1. The molecule has 1 aromatic heterocycles. The van der Waals surface area contributed by atoms with Gasteiger partial charge in [0.2, 0.25) is 0 Å². The number of amides is 1. The van der Waals surface area contributed by atoms with Crippen molar-refractivity contribution in [1.82, 2.24) is 0 Å². The van der Waals surface area contributed by atoms with Crippen molar-refractivity contribution in [2.24, 2.45) is 0 Å². The first kappa shape index (κ1) is 16.7. The Morgan fingerprint density at radius 3 is 2.55 bits per heavy atom. The Morgan fingerprint density at radius 1 is 1.35 bits per heavy atom. The molecule has 1 aromatic rings. The van der Waals surface area contributed by atoms with Crippen molar-refractivity contribution in [2.45, 2.75) is 40.2 Å².